The van der Waals surface area contributed by atoms with E-state index in [0.717, 1.165) is 9.87 Å². The van der Waals surface area contributed by atoms with Crippen LogP contribution in [0.25, 0.3) is 0 Å². The molecule has 0 saturated carbocycles. The Morgan fingerprint density at radius 2 is 1.49 bits per heavy atom. The van der Waals surface area contributed by atoms with E-state index in [4.69, 9.17) is 23.2 Å². The number of hydrogen-bond acceptors (Lipinski definition) is 4. The predicted molar refractivity (Wildman–Crippen MR) is 181 cm³/mol. The van der Waals surface area contributed by atoms with Crippen molar-refractivity contribution in [1.82, 2.24) is 10.2 Å². The minimum Gasteiger partial charge on any atom is -0.352 e. The second-order valence-corrected chi connectivity index (χ2v) is 13.6. The zero-order valence-electron chi connectivity index (χ0n) is 25.5. The summed E-state index contributed by atoms with van der Waals surface area (Å²) < 4.78 is 29.4. The lowest BCUT2D eigenvalue weighted by atomic mass is 10.0. The van der Waals surface area contributed by atoms with Crippen LogP contribution in [-0.4, -0.2) is 43.8 Å². The first-order valence-corrected chi connectivity index (χ1v) is 16.9. The molecule has 2 amide bonds. The number of rotatable bonds is 13. The van der Waals surface area contributed by atoms with E-state index in [0.29, 0.717) is 33.3 Å². The lowest BCUT2D eigenvalue weighted by Gasteiger charge is -2.34. The van der Waals surface area contributed by atoms with E-state index in [1.807, 2.05) is 44.2 Å². The summed E-state index contributed by atoms with van der Waals surface area (Å²) in [6.45, 7) is 5.02. The van der Waals surface area contributed by atoms with Crippen LogP contribution < -0.4 is 9.62 Å². The molecule has 2 unspecified atom stereocenters. The predicted octanol–water partition coefficient (Wildman–Crippen LogP) is 7.05. The smallest absolute Gasteiger partial charge is 0.264 e. The molecule has 0 spiro atoms. The highest BCUT2D eigenvalue weighted by molar-refractivity contribution is 7.92. The topological polar surface area (TPSA) is 86.8 Å². The number of carbonyl (C=O) groups is 2. The number of carbonyl (C=O) groups excluding carboxylic acids is 2. The lowest BCUT2D eigenvalue weighted by Crippen LogP contribution is -2.54. The molecule has 0 fully saturated rings. The molecule has 0 radical (unpaired) electrons. The summed E-state index contributed by atoms with van der Waals surface area (Å²) in [6.07, 6.45) is 0.909. The van der Waals surface area contributed by atoms with Gasteiger partial charge in [-0.2, -0.15) is 0 Å². The third-order valence-corrected chi connectivity index (χ3v) is 9.99. The van der Waals surface area contributed by atoms with Crippen molar-refractivity contribution < 1.29 is 18.0 Å². The molecule has 236 valence electrons. The van der Waals surface area contributed by atoms with Crippen LogP contribution in [0, 0.1) is 6.92 Å². The zero-order valence-corrected chi connectivity index (χ0v) is 27.8. The molecule has 4 aromatic rings. The van der Waals surface area contributed by atoms with E-state index in [1.165, 1.54) is 17.0 Å². The fraction of sp³-hybridized carbons (Fsp3) is 0.257. The second kappa shape index (κ2) is 15.4. The molecule has 0 aliphatic rings. The van der Waals surface area contributed by atoms with Crippen LogP contribution in [0.1, 0.15) is 37.0 Å². The summed E-state index contributed by atoms with van der Waals surface area (Å²) >= 11 is 12.8. The highest BCUT2D eigenvalue weighted by Crippen LogP contribution is 2.30. The Kier molecular flexibility index (Phi) is 11.7. The Labute approximate surface area is 275 Å². The fourth-order valence-electron chi connectivity index (χ4n) is 4.94. The van der Waals surface area contributed by atoms with Crippen molar-refractivity contribution in [2.45, 2.75) is 57.1 Å². The van der Waals surface area contributed by atoms with Gasteiger partial charge in [-0.05, 0) is 73.4 Å². The van der Waals surface area contributed by atoms with Crippen LogP contribution in [0.5, 0.6) is 0 Å². The third kappa shape index (κ3) is 8.66. The van der Waals surface area contributed by atoms with Crippen molar-refractivity contribution in [2.24, 2.45) is 0 Å². The van der Waals surface area contributed by atoms with E-state index in [9.17, 15) is 18.0 Å². The van der Waals surface area contributed by atoms with Crippen molar-refractivity contribution in [3.63, 3.8) is 0 Å². The third-order valence-electron chi connectivity index (χ3n) is 7.61. The summed E-state index contributed by atoms with van der Waals surface area (Å²) in [5.74, 6) is -0.905. The molecule has 10 heteroatoms. The number of sulfonamides is 1. The normalized spacial score (nSPS) is 12.6. The van der Waals surface area contributed by atoms with Crippen molar-refractivity contribution in [2.75, 3.05) is 10.8 Å². The number of anilines is 1. The second-order valence-electron chi connectivity index (χ2n) is 10.9. The molecule has 0 aliphatic carbocycles. The van der Waals surface area contributed by atoms with Gasteiger partial charge < -0.3 is 10.2 Å². The highest BCUT2D eigenvalue weighted by atomic mass is 35.5. The quantitative estimate of drug-likeness (QED) is 0.166. The molecule has 0 bridgehead atoms. The molecule has 4 aromatic carbocycles. The van der Waals surface area contributed by atoms with E-state index in [-0.39, 0.29) is 29.8 Å². The van der Waals surface area contributed by atoms with Gasteiger partial charge in [0, 0.05) is 29.1 Å². The molecular weight excluding hydrogens is 629 g/mol. The van der Waals surface area contributed by atoms with Crippen molar-refractivity contribution >= 4 is 50.7 Å². The van der Waals surface area contributed by atoms with Gasteiger partial charge in [0.05, 0.1) is 10.6 Å². The largest absolute Gasteiger partial charge is 0.352 e. The van der Waals surface area contributed by atoms with E-state index >= 15 is 0 Å². The van der Waals surface area contributed by atoms with Crippen LogP contribution in [0.4, 0.5) is 5.69 Å². The number of aryl methyl sites for hydroxylation is 1. The van der Waals surface area contributed by atoms with Gasteiger partial charge in [0.2, 0.25) is 11.8 Å². The Hall–Kier alpha value is -3.85. The van der Waals surface area contributed by atoms with E-state index in [2.05, 4.69) is 5.32 Å². The van der Waals surface area contributed by atoms with Crippen LogP contribution in [0.2, 0.25) is 10.0 Å². The number of hydrogen-bond donors (Lipinski definition) is 1. The maximum absolute atomic E-state index is 14.6. The first-order chi connectivity index (χ1) is 21.5. The summed E-state index contributed by atoms with van der Waals surface area (Å²) in [4.78, 5) is 29.9. The highest BCUT2D eigenvalue weighted by Gasteiger charge is 2.35. The van der Waals surface area contributed by atoms with E-state index < -0.39 is 28.5 Å². The minimum absolute atomic E-state index is 0.0112. The van der Waals surface area contributed by atoms with Gasteiger partial charge in [0.25, 0.3) is 10.0 Å². The molecule has 7 nitrogen and oxygen atoms in total. The van der Waals surface area contributed by atoms with Crippen LogP contribution in [-0.2, 0) is 32.6 Å². The number of benzene rings is 4. The average Bonchev–Trinajstić information content (AvgIpc) is 3.03. The molecule has 1 N–H and O–H groups in total. The molecule has 45 heavy (non-hydrogen) atoms. The number of nitrogens with zero attached hydrogens (tertiary/aromatic N) is 2. The maximum atomic E-state index is 14.6. The van der Waals surface area contributed by atoms with Crippen molar-refractivity contribution in [3.8, 4) is 0 Å². The van der Waals surface area contributed by atoms with Crippen molar-refractivity contribution in [1.29, 1.82) is 0 Å². The fourth-order valence-corrected chi connectivity index (χ4v) is 6.86. The standard InChI is InChI=1S/C35H37Cl2N3O4S/c1-4-26(3)38-35(42)33(22-27-13-7-5-8-14-27)39(23-28-15-11-12-18-31(28)37)34(41)24-40(32-20-19-29(36)21-25(32)2)45(43,44)30-16-9-6-10-17-30/h5-21,26,33H,4,22-24H2,1-3H3,(H,38,42). The number of nitrogens with one attached hydrogen (secondary N) is 1. The molecule has 0 saturated heterocycles. The Morgan fingerprint density at radius 3 is 2.11 bits per heavy atom. The van der Waals surface area contributed by atoms with Crippen LogP contribution in [0.15, 0.2) is 108 Å². The average molecular weight is 667 g/mol. The van der Waals surface area contributed by atoms with Gasteiger partial charge in [-0.15, -0.1) is 0 Å². The Balaban J connectivity index is 1.83. The summed E-state index contributed by atoms with van der Waals surface area (Å²) in [6, 6.07) is 28.2. The molecule has 0 aliphatic heterocycles. The van der Waals surface area contributed by atoms with Gasteiger partial charge in [-0.1, -0.05) is 96.9 Å². The van der Waals surface area contributed by atoms with Gasteiger partial charge >= 0.3 is 0 Å². The van der Waals surface area contributed by atoms with Gasteiger partial charge in [0.15, 0.2) is 0 Å². The Morgan fingerprint density at radius 1 is 0.867 bits per heavy atom. The van der Waals surface area contributed by atoms with Gasteiger partial charge in [-0.25, -0.2) is 8.42 Å². The summed E-state index contributed by atoms with van der Waals surface area (Å²) in [5, 5.41) is 3.89. The van der Waals surface area contributed by atoms with Crippen LogP contribution >= 0.6 is 23.2 Å². The molecule has 0 heterocycles. The minimum atomic E-state index is -4.21. The molecule has 2 atom stereocenters. The number of amides is 2. The Bertz CT molecular complexity index is 1720. The number of halogens is 2. The summed E-state index contributed by atoms with van der Waals surface area (Å²) in [7, 11) is -4.21. The first-order valence-electron chi connectivity index (χ1n) is 14.7. The molecular formula is C35H37Cl2N3O4S. The van der Waals surface area contributed by atoms with Crippen LogP contribution in [0.3, 0.4) is 0 Å². The van der Waals surface area contributed by atoms with Gasteiger partial charge in [-0.3, -0.25) is 13.9 Å². The summed E-state index contributed by atoms with van der Waals surface area (Å²) in [5.41, 5.74) is 2.35. The SMILES string of the molecule is CCC(C)NC(=O)C(Cc1ccccc1)N(Cc1ccccc1Cl)C(=O)CN(c1ccc(Cl)cc1C)S(=O)(=O)c1ccccc1. The first kappa shape index (κ1) is 34.0. The van der Waals surface area contributed by atoms with Crippen molar-refractivity contribution in [3.05, 3.63) is 130 Å². The van der Waals surface area contributed by atoms with Gasteiger partial charge in [0.1, 0.15) is 12.6 Å². The molecule has 4 rings (SSSR count). The zero-order chi connectivity index (χ0) is 32.6. The van der Waals surface area contributed by atoms with E-state index in [1.54, 1.807) is 67.6 Å². The maximum Gasteiger partial charge on any atom is 0.264 e. The monoisotopic (exact) mass is 665 g/mol. The lowest BCUT2D eigenvalue weighted by molar-refractivity contribution is -0.140. The molecule has 0 aromatic heterocycles.